The number of rotatable bonds is 4. The highest BCUT2D eigenvalue weighted by Crippen LogP contribution is 2.39. The number of fused-ring (bicyclic) bond motifs is 3. The normalized spacial score (nSPS) is 20.9. The number of nitrogens with zero attached hydrogens (tertiary/aromatic N) is 4. The van der Waals surface area contributed by atoms with E-state index in [1.165, 1.54) is 64.6 Å². The summed E-state index contributed by atoms with van der Waals surface area (Å²) in [7, 11) is 2.20. The summed E-state index contributed by atoms with van der Waals surface area (Å²) < 4.78 is 5.70. The maximum Gasteiger partial charge on any atom is 0.410 e. The minimum atomic E-state index is -0.502. The molecule has 0 unspecified atom stereocenters. The predicted molar refractivity (Wildman–Crippen MR) is 172 cm³/mol. The molecular weight excluding hydrogens is 534 g/mol. The molecule has 7 nitrogen and oxygen atoms in total. The van der Waals surface area contributed by atoms with Crippen molar-refractivity contribution in [2.45, 2.75) is 96.4 Å². The molecule has 3 aliphatic heterocycles. The maximum absolute atomic E-state index is 12.9. The van der Waals surface area contributed by atoms with E-state index in [-0.39, 0.29) is 12.1 Å². The molecule has 0 radical (unpaired) electrons. The summed E-state index contributed by atoms with van der Waals surface area (Å²) in [4.78, 5) is 30.4. The number of likely N-dealkylation sites (tertiary alicyclic amines) is 1. The zero-order valence-corrected chi connectivity index (χ0v) is 25.9. The molecule has 1 aromatic heterocycles. The lowest BCUT2D eigenvalue weighted by Crippen LogP contribution is -2.43. The van der Waals surface area contributed by atoms with Crippen LogP contribution in [0.5, 0.6) is 0 Å². The summed E-state index contributed by atoms with van der Waals surface area (Å²) in [6.07, 6.45) is 11.6. The molecule has 224 valence electrons. The summed E-state index contributed by atoms with van der Waals surface area (Å²) >= 11 is 0. The van der Waals surface area contributed by atoms with Crippen molar-refractivity contribution in [2.24, 2.45) is 4.99 Å². The van der Waals surface area contributed by atoms with Gasteiger partial charge in [0.25, 0.3) is 0 Å². The van der Waals surface area contributed by atoms with E-state index >= 15 is 0 Å². The number of allylic oxidation sites excluding steroid dienone is 1. The SMILES string of the molecule is CN1Cc2cc(C3=CN=C([C@@H]4CCCN4C(=O)OC(C)(C)C)C3)ccc2-c2ccc(-c3cnc(C4CCCC4)[nH]3)cc2C1. The Hall–Kier alpha value is -3.71. The third-order valence-corrected chi connectivity index (χ3v) is 9.42. The highest BCUT2D eigenvalue weighted by Gasteiger charge is 2.36. The van der Waals surface area contributed by atoms with Gasteiger partial charge in [-0.1, -0.05) is 37.1 Å². The lowest BCUT2D eigenvalue weighted by Gasteiger charge is -2.28. The first-order valence-corrected chi connectivity index (χ1v) is 16.0. The molecule has 3 aromatic rings. The molecule has 7 heteroatoms. The van der Waals surface area contributed by atoms with Crippen LogP contribution in [0, 0.1) is 0 Å². The number of hydrogen-bond donors (Lipinski definition) is 1. The summed E-state index contributed by atoms with van der Waals surface area (Å²) in [5.74, 6) is 1.73. The number of ether oxygens (including phenoxy) is 1. The standard InChI is InChI=1S/C36H43N5O2/c1-36(2,3)43-35(42)41-15-7-10-33(41)31-18-26(19-37-31)24-11-13-29-27(16-24)21-40(4)22-28-17-25(12-14-30(28)29)32-20-38-34(39-32)23-8-5-6-9-23/h11-14,16-17,19-20,23,33H,5-10,15,18,21-22H2,1-4H3,(H,38,39)/t33-/m0/s1. The molecule has 4 heterocycles. The molecule has 0 bridgehead atoms. The minimum absolute atomic E-state index is 0.0146. The van der Waals surface area contributed by atoms with Crippen LogP contribution in [0.1, 0.15) is 94.1 Å². The molecule has 4 aliphatic rings. The quantitative estimate of drug-likeness (QED) is 0.342. The van der Waals surface area contributed by atoms with Crippen LogP contribution in [0.2, 0.25) is 0 Å². The summed E-state index contributed by atoms with van der Waals surface area (Å²) in [6.45, 7) is 8.26. The van der Waals surface area contributed by atoms with Gasteiger partial charge in [-0.05, 0) is 105 Å². The zero-order chi connectivity index (χ0) is 29.7. The second kappa shape index (κ2) is 11.1. The number of benzene rings is 2. The molecule has 43 heavy (non-hydrogen) atoms. The number of amides is 1. The van der Waals surface area contributed by atoms with E-state index in [2.05, 4.69) is 53.3 Å². The number of aromatic amines is 1. The zero-order valence-electron chi connectivity index (χ0n) is 25.9. The average Bonchev–Trinajstić information content (AvgIpc) is 3.77. The van der Waals surface area contributed by atoms with Crippen LogP contribution >= 0.6 is 0 Å². The van der Waals surface area contributed by atoms with Crippen LogP contribution in [0.25, 0.3) is 28.0 Å². The third-order valence-electron chi connectivity index (χ3n) is 9.42. The van der Waals surface area contributed by atoms with Gasteiger partial charge in [0.1, 0.15) is 11.4 Å². The van der Waals surface area contributed by atoms with Gasteiger partial charge in [-0.25, -0.2) is 9.78 Å². The Morgan fingerprint density at radius 3 is 2.37 bits per heavy atom. The van der Waals surface area contributed by atoms with Crippen molar-refractivity contribution < 1.29 is 9.53 Å². The van der Waals surface area contributed by atoms with Gasteiger partial charge in [0.2, 0.25) is 0 Å². The third kappa shape index (κ3) is 5.67. The Bertz CT molecular complexity index is 1600. The molecule has 1 saturated carbocycles. The number of carbonyl (C=O) groups excluding carboxylic acids is 1. The van der Waals surface area contributed by atoms with Crippen molar-refractivity contribution in [3.63, 3.8) is 0 Å². The van der Waals surface area contributed by atoms with Crippen molar-refractivity contribution in [3.8, 4) is 22.4 Å². The summed E-state index contributed by atoms with van der Waals surface area (Å²) in [6, 6.07) is 13.8. The first-order chi connectivity index (χ1) is 20.7. The van der Waals surface area contributed by atoms with Gasteiger partial charge in [-0.15, -0.1) is 0 Å². The molecule has 1 atom stereocenters. The number of carbonyl (C=O) groups is 1. The molecular formula is C36H43N5O2. The lowest BCUT2D eigenvalue weighted by molar-refractivity contribution is 0.0265. The van der Waals surface area contributed by atoms with E-state index in [0.29, 0.717) is 5.92 Å². The number of H-pyrrole nitrogens is 1. The molecule has 1 saturated heterocycles. The Balaban J connectivity index is 1.10. The van der Waals surface area contributed by atoms with Gasteiger partial charge < -0.3 is 9.72 Å². The van der Waals surface area contributed by atoms with Crippen LogP contribution in [-0.2, 0) is 17.8 Å². The monoisotopic (exact) mass is 577 g/mol. The van der Waals surface area contributed by atoms with Gasteiger partial charge >= 0.3 is 6.09 Å². The van der Waals surface area contributed by atoms with Gasteiger partial charge in [0.15, 0.2) is 0 Å². The molecule has 0 spiro atoms. The van der Waals surface area contributed by atoms with Gasteiger partial charge in [0, 0.05) is 43.9 Å². The highest BCUT2D eigenvalue weighted by molar-refractivity contribution is 6.03. The molecule has 2 fully saturated rings. The molecule has 2 aromatic carbocycles. The van der Waals surface area contributed by atoms with Crippen molar-refractivity contribution in [1.82, 2.24) is 19.8 Å². The van der Waals surface area contributed by atoms with Crippen molar-refractivity contribution in [3.05, 3.63) is 71.3 Å². The Morgan fingerprint density at radius 2 is 1.65 bits per heavy atom. The van der Waals surface area contributed by atoms with Crippen LogP contribution in [-0.4, -0.2) is 56.8 Å². The van der Waals surface area contributed by atoms with E-state index in [1.807, 2.05) is 38.1 Å². The van der Waals surface area contributed by atoms with Crippen molar-refractivity contribution in [1.29, 1.82) is 0 Å². The fraction of sp³-hybridized carbons (Fsp3) is 0.472. The average molecular weight is 578 g/mol. The van der Waals surface area contributed by atoms with Gasteiger partial charge in [-0.3, -0.25) is 14.8 Å². The molecule has 1 aliphatic carbocycles. The van der Waals surface area contributed by atoms with Crippen LogP contribution < -0.4 is 0 Å². The van der Waals surface area contributed by atoms with Gasteiger partial charge in [0.05, 0.1) is 17.9 Å². The highest BCUT2D eigenvalue weighted by atomic mass is 16.6. The number of nitrogens with one attached hydrogen (secondary N) is 1. The number of aromatic nitrogens is 2. The number of aliphatic imine (C=N–C) groups is 1. The Morgan fingerprint density at radius 1 is 0.953 bits per heavy atom. The van der Waals surface area contributed by atoms with Crippen molar-refractivity contribution in [2.75, 3.05) is 13.6 Å². The predicted octanol–water partition coefficient (Wildman–Crippen LogP) is 7.93. The largest absolute Gasteiger partial charge is 0.444 e. The maximum atomic E-state index is 12.9. The second-order valence-electron chi connectivity index (χ2n) is 13.9. The Kier molecular flexibility index (Phi) is 7.24. The van der Waals surface area contributed by atoms with E-state index in [1.54, 1.807) is 0 Å². The molecule has 7 rings (SSSR count). The summed E-state index contributed by atoms with van der Waals surface area (Å²) in [5, 5.41) is 0. The first kappa shape index (κ1) is 28.1. The summed E-state index contributed by atoms with van der Waals surface area (Å²) in [5.41, 5.74) is 10.6. The van der Waals surface area contributed by atoms with Crippen LogP contribution in [0.15, 0.2) is 53.8 Å². The fourth-order valence-electron chi connectivity index (χ4n) is 7.35. The number of hydrogen-bond acceptors (Lipinski definition) is 5. The molecule has 1 N–H and O–H groups in total. The first-order valence-electron chi connectivity index (χ1n) is 16.0. The van der Waals surface area contributed by atoms with Gasteiger partial charge in [-0.2, -0.15) is 0 Å². The van der Waals surface area contributed by atoms with E-state index in [9.17, 15) is 4.79 Å². The smallest absolute Gasteiger partial charge is 0.410 e. The van der Waals surface area contributed by atoms with Crippen molar-refractivity contribution >= 4 is 17.4 Å². The van der Waals surface area contributed by atoms with E-state index in [4.69, 9.17) is 14.7 Å². The second-order valence-corrected chi connectivity index (χ2v) is 13.9. The Labute approximate surface area is 255 Å². The van der Waals surface area contributed by atoms with E-state index in [0.717, 1.165) is 56.1 Å². The fourth-order valence-corrected chi connectivity index (χ4v) is 7.35. The van der Waals surface area contributed by atoms with E-state index < -0.39 is 5.60 Å². The topological polar surface area (TPSA) is 73.8 Å². The van der Waals surface area contributed by atoms with Crippen LogP contribution in [0.4, 0.5) is 4.79 Å². The molecule has 1 amide bonds. The van der Waals surface area contributed by atoms with Crippen LogP contribution in [0.3, 0.4) is 0 Å². The number of imidazole rings is 1. The minimum Gasteiger partial charge on any atom is -0.444 e. The lowest BCUT2D eigenvalue weighted by atomic mass is 9.91.